The standard InChI is InChI=1S/C8H11N3O2/c1-11(2)8(12)7-5-6(13-9)3-4-10-7/h3-5H,9H2,1-2H3. The van der Waals surface area contributed by atoms with Crippen LogP contribution in [0.1, 0.15) is 10.5 Å². The molecular weight excluding hydrogens is 170 g/mol. The first-order valence-electron chi connectivity index (χ1n) is 3.69. The highest BCUT2D eigenvalue weighted by molar-refractivity contribution is 5.92. The molecule has 2 N–H and O–H groups in total. The van der Waals surface area contributed by atoms with Gasteiger partial charge in [0, 0.05) is 32.4 Å². The van der Waals surface area contributed by atoms with Gasteiger partial charge in [0.25, 0.3) is 5.91 Å². The van der Waals surface area contributed by atoms with Crippen LogP contribution in [-0.2, 0) is 0 Å². The molecule has 70 valence electrons. The summed E-state index contributed by atoms with van der Waals surface area (Å²) < 4.78 is 0. The van der Waals surface area contributed by atoms with Gasteiger partial charge >= 0.3 is 0 Å². The van der Waals surface area contributed by atoms with Crippen LogP contribution in [0.4, 0.5) is 0 Å². The van der Waals surface area contributed by atoms with Gasteiger partial charge in [-0.1, -0.05) is 0 Å². The van der Waals surface area contributed by atoms with Crippen molar-refractivity contribution in [2.24, 2.45) is 5.90 Å². The first-order chi connectivity index (χ1) is 6.15. The van der Waals surface area contributed by atoms with Crippen LogP contribution in [0.25, 0.3) is 0 Å². The second kappa shape index (κ2) is 3.86. The molecule has 0 aliphatic rings. The van der Waals surface area contributed by atoms with E-state index in [2.05, 4.69) is 9.82 Å². The molecule has 1 rings (SSSR count). The number of carbonyl (C=O) groups excluding carboxylic acids is 1. The molecule has 0 saturated heterocycles. The smallest absolute Gasteiger partial charge is 0.272 e. The third-order valence-corrected chi connectivity index (χ3v) is 1.49. The van der Waals surface area contributed by atoms with Gasteiger partial charge in [-0.15, -0.1) is 0 Å². The Labute approximate surface area is 76.1 Å². The maximum absolute atomic E-state index is 11.4. The third kappa shape index (κ3) is 2.16. The van der Waals surface area contributed by atoms with Crippen LogP contribution in [0, 0.1) is 0 Å². The Kier molecular flexibility index (Phi) is 2.81. The second-order valence-corrected chi connectivity index (χ2v) is 2.69. The Morgan fingerprint density at radius 1 is 1.62 bits per heavy atom. The van der Waals surface area contributed by atoms with Gasteiger partial charge in [0.15, 0.2) is 5.75 Å². The van der Waals surface area contributed by atoms with E-state index in [1.165, 1.54) is 17.2 Å². The minimum absolute atomic E-state index is 0.182. The molecule has 0 fully saturated rings. The minimum Gasteiger partial charge on any atom is -0.411 e. The monoisotopic (exact) mass is 181 g/mol. The number of pyridine rings is 1. The van der Waals surface area contributed by atoms with E-state index in [1.807, 2.05) is 0 Å². The molecule has 1 amide bonds. The van der Waals surface area contributed by atoms with E-state index >= 15 is 0 Å². The Morgan fingerprint density at radius 3 is 2.85 bits per heavy atom. The van der Waals surface area contributed by atoms with E-state index in [1.54, 1.807) is 20.2 Å². The summed E-state index contributed by atoms with van der Waals surface area (Å²) in [5.41, 5.74) is 0.313. The van der Waals surface area contributed by atoms with Crippen molar-refractivity contribution in [3.8, 4) is 5.75 Å². The number of carbonyl (C=O) groups is 1. The van der Waals surface area contributed by atoms with Crippen molar-refractivity contribution in [3.05, 3.63) is 24.0 Å². The molecular formula is C8H11N3O2. The van der Waals surface area contributed by atoms with Crippen molar-refractivity contribution in [2.75, 3.05) is 14.1 Å². The number of nitrogens with zero attached hydrogens (tertiary/aromatic N) is 2. The lowest BCUT2D eigenvalue weighted by molar-refractivity contribution is 0.0821. The number of nitrogens with two attached hydrogens (primary N) is 1. The fourth-order valence-corrected chi connectivity index (χ4v) is 0.831. The molecule has 0 bridgehead atoms. The van der Waals surface area contributed by atoms with Gasteiger partial charge < -0.3 is 9.74 Å². The molecule has 5 nitrogen and oxygen atoms in total. The normalized spacial score (nSPS) is 9.46. The van der Waals surface area contributed by atoms with Gasteiger partial charge in [0.05, 0.1) is 0 Å². The lowest BCUT2D eigenvalue weighted by Gasteiger charge is -2.09. The van der Waals surface area contributed by atoms with Crippen molar-refractivity contribution in [1.29, 1.82) is 0 Å². The van der Waals surface area contributed by atoms with Crippen molar-refractivity contribution in [1.82, 2.24) is 9.88 Å². The van der Waals surface area contributed by atoms with Gasteiger partial charge in [-0.25, -0.2) is 0 Å². The van der Waals surface area contributed by atoms with E-state index in [9.17, 15) is 4.79 Å². The lowest BCUT2D eigenvalue weighted by atomic mass is 10.3. The quantitative estimate of drug-likeness (QED) is 0.654. The second-order valence-electron chi connectivity index (χ2n) is 2.69. The summed E-state index contributed by atoms with van der Waals surface area (Å²) in [5.74, 6) is 5.18. The van der Waals surface area contributed by atoms with Crippen molar-refractivity contribution in [3.63, 3.8) is 0 Å². The molecule has 5 heteroatoms. The predicted molar refractivity (Wildman–Crippen MR) is 47.1 cm³/mol. The highest BCUT2D eigenvalue weighted by Crippen LogP contribution is 2.09. The van der Waals surface area contributed by atoms with Crippen LogP contribution in [0.15, 0.2) is 18.3 Å². The topological polar surface area (TPSA) is 68.5 Å². The molecule has 1 aromatic heterocycles. The zero-order valence-electron chi connectivity index (χ0n) is 7.52. The zero-order valence-corrected chi connectivity index (χ0v) is 7.52. The fraction of sp³-hybridized carbons (Fsp3) is 0.250. The average Bonchev–Trinajstić information content (AvgIpc) is 2.16. The predicted octanol–water partition coefficient (Wildman–Crippen LogP) is 0.0359. The highest BCUT2D eigenvalue weighted by atomic mass is 16.6. The van der Waals surface area contributed by atoms with E-state index in [0.717, 1.165) is 0 Å². The number of hydrogen-bond donors (Lipinski definition) is 1. The summed E-state index contributed by atoms with van der Waals surface area (Å²) in [6, 6.07) is 3.06. The molecule has 0 atom stereocenters. The lowest BCUT2D eigenvalue weighted by Crippen LogP contribution is -2.22. The first-order valence-corrected chi connectivity index (χ1v) is 3.69. The molecule has 0 saturated carbocycles. The highest BCUT2D eigenvalue weighted by Gasteiger charge is 2.09. The first kappa shape index (κ1) is 9.47. The zero-order chi connectivity index (χ0) is 9.84. The van der Waals surface area contributed by atoms with E-state index < -0.39 is 0 Å². The van der Waals surface area contributed by atoms with E-state index in [-0.39, 0.29) is 5.91 Å². The van der Waals surface area contributed by atoms with Crippen LogP contribution in [-0.4, -0.2) is 29.9 Å². The molecule has 0 aliphatic heterocycles. The maximum Gasteiger partial charge on any atom is 0.272 e. The van der Waals surface area contributed by atoms with Gasteiger partial charge in [-0.3, -0.25) is 9.78 Å². The van der Waals surface area contributed by atoms with E-state index in [4.69, 9.17) is 5.90 Å². The SMILES string of the molecule is CN(C)C(=O)c1cc(ON)ccn1. The molecule has 0 aromatic carbocycles. The molecule has 1 aromatic rings. The molecule has 1 heterocycles. The maximum atomic E-state index is 11.4. The largest absolute Gasteiger partial charge is 0.411 e. The van der Waals surface area contributed by atoms with Crippen LogP contribution in [0.5, 0.6) is 5.75 Å². The molecule has 0 aliphatic carbocycles. The van der Waals surface area contributed by atoms with Gasteiger partial charge in [-0.2, -0.15) is 5.90 Å². The van der Waals surface area contributed by atoms with Gasteiger partial charge in [-0.05, 0) is 0 Å². The van der Waals surface area contributed by atoms with Crippen molar-refractivity contribution >= 4 is 5.91 Å². The summed E-state index contributed by atoms with van der Waals surface area (Å²) in [6.45, 7) is 0. The summed E-state index contributed by atoms with van der Waals surface area (Å²) in [5, 5.41) is 0. The molecule has 0 unspecified atom stereocenters. The summed E-state index contributed by atoms with van der Waals surface area (Å²) in [6.07, 6.45) is 1.47. The molecule has 0 spiro atoms. The van der Waals surface area contributed by atoms with E-state index in [0.29, 0.717) is 11.4 Å². The van der Waals surface area contributed by atoms with Crippen LogP contribution in [0.3, 0.4) is 0 Å². The fourth-order valence-electron chi connectivity index (χ4n) is 0.831. The Hall–Kier alpha value is -1.62. The Morgan fingerprint density at radius 2 is 2.31 bits per heavy atom. The minimum atomic E-state index is -0.182. The van der Waals surface area contributed by atoms with Gasteiger partial charge in [0.1, 0.15) is 5.69 Å². The van der Waals surface area contributed by atoms with Gasteiger partial charge in [0.2, 0.25) is 0 Å². The third-order valence-electron chi connectivity index (χ3n) is 1.49. The van der Waals surface area contributed by atoms with Crippen molar-refractivity contribution in [2.45, 2.75) is 0 Å². The number of hydrogen-bond acceptors (Lipinski definition) is 4. The van der Waals surface area contributed by atoms with Crippen LogP contribution in [0.2, 0.25) is 0 Å². The molecule has 13 heavy (non-hydrogen) atoms. The molecule has 0 radical (unpaired) electrons. The average molecular weight is 181 g/mol. The number of aromatic nitrogens is 1. The Balaban J connectivity index is 2.95. The van der Waals surface area contributed by atoms with Crippen LogP contribution < -0.4 is 10.7 Å². The summed E-state index contributed by atoms with van der Waals surface area (Å²) >= 11 is 0. The Bertz CT molecular complexity index is 312. The summed E-state index contributed by atoms with van der Waals surface area (Å²) in [7, 11) is 3.31. The summed E-state index contributed by atoms with van der Waals surface area (Å²) in [4.78, 5) is 21.2. The number of rotatable bonds is 2. The number of amides is 1. The van der Waals surface area contributed by atoms with Crippen LogP contribution >= 0.6 is 0 Å². The van der Waals surface area contributed by atoms with Crippen molar-refractivity contribution < 1.29 is 9.63 Å².